The molecule has 0 unspecified atom stereocenters. The molecule has 176 valence electrons. The number of benzene rings is 2. The normalized spacial score (nSPS) is 16.1. The number of fused-ring (bicyclic) bond motifs is 1. The van der Waals surface area contributed by atoms with Gasteiger partial charge in [0, 0.05) is 42.5 Å². The topological polar surface area (TPSA) is 81.2 Å². The Morgan fingerprint density at radius 2 is 1.65 bits per heavy atom. The standard InChI is InChI=1S/C27H30N4O2S/c28-19-21-8-10-22(11-9-21)26-13-12-25-23(5-4-14-30-15-17-34(32,33)18-16-30)20-31(27(25)29-26)24-6-2-1-3-7-24/h1-3,6-13,20H,4-5,14-19,28H2. The quantitative estimate of drug-likeness (QED) is 0.440. The fourth-order valence-electron chi connectivity index (χ4n) is 4.59. The molecule has 1 aliphatic rings. The minimum atomic E-state index is -2.84. The summed E-state index contributed by atoms with van der Waals surface area (Å²) in [5, 5.41) is 1.16. The van der Waals surface area contributed by atoms with E-state index in [-0.39, 0.29) is 11.5 Å². The minimum Gasteiger partial charge on any atom is -0.326 e. The molecule has 0 atom stereocenters. The van der Waals surface area contributed by atoms with E-state index in [1.54, 1.807) is 0 Å². The zero-order chi connectivity index (χ0) is 23.5. The first-order valence-corrected chi connectivity index (χ1v) is 13.6. The summed E-state index contributed by atoms with van der Waals surface area (Å²) in [6.45, 7) is 2.72. The number of hydrogen-bond acceptors (Lipinski definition) is 5. The largest absolute Gasteiger partial charge is 0.326 e. The number of nitrogens with two attached hydrogens (primary N) is 1. The minimum absolute atomic E-state index is 0.277. The van der Waals surface area contributed by atoms with Gasteiger partial charge in [0.05, 0.1) is 17.2 Å². The monoisotopic (exact) mass is 474 g/mol. The molecular formula is C27H30N4O2S. The summed E-state index contributed by atoms with van der Waals surface area (Å²) in [5.41, 5.74) is 12.2. The maximum absolute atomic E-state index is 11.7. The highest BCUT2D eigenvalue weighted by molar-refractivity contribution is 7.91. The van der Waals surface area contributed by atoms with Gasteiger partial charge in [-0.15, -0.1) is 0 Å². The van der Waals surface area contributed by atoms with Crippen LogP contribution in [-0.4, -0.2) is 54.0 Å². The number of nitrogens with zero attached hydrogens (tertiary/aromatic N) is 3. The van der Waals surface area contributed by atoms with Gasteiger partial charge in [-0.25, -0.2) is 13.4 Å². The first-order chi connectivity index (χ1) is 16.5. The van der Waals surface area contributed by atoms with Crippen LogP contribution in [0, 0.1) is 0 Å². The lowest BCUT2D eigenvalue weighted by atomic mass is 10.1. The Kier molecular flexibility index (Phi) is 6.50. The second-order valence-electron chi connectivity index (χ2n) is 8.93. The summed E-state index contributed by atoms with van der Waals surface area (Å²) < 4.78 is 25.6. The van der Waals surface area contributed by atoms with Crippen molar-refractivity contribution in [3.63, 3.8) is 0 Å². The predicted octanol–water partition coefficient (Wildman–Crippen LogP) is 3.81. The second kappa shape index (κ2) is 9.70. The lowest BCUT2D eigenvalue weighted by Crippen LogP contribution is -2.40. The van der Waals surface area contributed by atoms with Crippen LogP contribution in [0.5, 0.6) is 0 Å². The molecule has 0 amide bonds. The van der Waals surface area contributed by atoms with Crippen LogP contribution in [0.15, 0.2) is 72.9 Å². The average molecular weight is 475 g/mol. The highest BCUT2D eigenvalue weighted by Gasteiger charge is 2.21. The summed E-state index contributed by atoms with van der Waals surface area (Å²) in [6, 6.07) is 22.8. The number of aryl methyl sites for hydroxylation is 1. The van der Waals surface area contributed by atoms with Crippen molar-refractivity contribution in [3.05, 3.63) is 84.1 Å². The molecule has 0 aliphatic carbocycles. The maximum Gasteiger partial charge on any atom is 0.152 e. The number of pyridine rings is 1. The lowest BCUT2D eigenvalue weighted by molar-refractivity contribution is 0.292. The van der Waals surface area contributed by atoms with Crippen molar-refractivity contribution >= 4 is 20.9 Å². The van der Waals surface area contributed by atoms with E-state index >= 15 is 0 Å². The van der Waals surface area contributed by atoms with E-state index in [0.717, 1.165) is 52.9 Å². The molecule has 6 nitrogen and oxygen atoms in total. The molecule has 4 aromatic rings. The molecule has 0 bridgehead atoms. The SMILES string of the molecule is NCc1ccc(-c2ccc3c(CCCN4CCS(=O)(=O)CC4)cn(-c4ccccc4)c3n2)cc1. The van der Waals surface area contributed by atoms with Gasteiger partial charge in [0.2, 0.25) is 0 Å². The third kappa shape index (κ3) is 4.92. The number of sulfone groups is 1. The van der Waals surface area contributed by atoms with Crippen LogP contribution in [0.25, 0.3) is 28.0 Å². The fourth-order valence-corrected chi connectivity index (χ4v) is 5.87. The Hall–Kier alpha value is -3.00. The van der Waals surface area contributed by atoms with Crippen LogP contribution < -0.4 is 5.73 Å². The van der Waals surface area contributed by atoms with Gasteiger partial charge in [-0.2, -0.15) is 0 Å². The summed E-state index contributed by atoms with van der Waals surface area (Å²) in [5.74, 6) is 0.554. The van der Waals surface area contributed by atoms with E-state index in [1.165, 1.54) is 5.56 Å². The molecule has 0 radical (unpaired) electrons. The first kappa shape index (κ1) is 22.8. The molecule has 2 N–H and O–H groups in total. The average Bonchev–Trinajstić information content (AvgIpc) is 3.23. The van der Waals surface area contributed by atoms with Crippen molar-refractivity contribution in [1.82, 2.24) is 14.5 Å². The Morgan fingerprint density at radius 1 is 0.912 bits per heavy atom. The van der Waals surface area contributed by atoms with Crippen LogP contribution >= 0.6 is 0 Å². The van der Waals surface area contributed by atoms with Gasteiger partial charge in [0.15, 0.2) is 9.84 Å². The molecule has 0 saturated carbocycles. The van der Waals surface area contributed by atoms with Gasteiger partial charge in [0.1, 0.15) is 5.65 Å². The van der Waals surface area contributed by atoms with Crippen LogP contribution in [0.3, 0.4) is 0 Å². The van der Waals surface area contributed by atoms with Crippen molar-refractivity contribution in [2.75, 3.05) is 31.1 Å². The number of aromatic nitrogens is 2. The molecule has 1 fully saturated rings. The van der Waals surface area contributed by atoms with Gasteiger partial charge >= 0.3 is 0 Å². The summed E-state index contributed by atoms with van der Waals surface area (Å²) in [4.78, 5) is 7.33. The Balaban J connectivity index is 1.42. The number of para-hydroxylation sites is 1. The van der Waals surface area contributed by atoms with Gasteiger partial charge < -0.3 is 15.2 Å². The van der Waals surface area contributed by atoms with Gasteiger partial charge in [-0.1, -0.05) is 42.5 Å². The number of rotatable bonds is 7. The zero-order valence-electron chi connectivity index (χ0n) is 19.2. The van der Waals surface area contributed by atoms with Gasteiger partial charge in [0.25, 0.3) is 0 Å². The van der Waals surface area contributed by atoms with E-state index in [2.05, 4.69) is 64.2 Å². The van der Waals surface area contributed by atoms with Gasteiger partial charge in [-0.3, -0.25) is 0 Å². The van der Waals surface area contributed by atoms with E-state index in [0.29, 0.717) is 19.6 Å². The molecule has 5 rings (SSSR count). The molecule has 0 spiro atoms. The van der Waals surface area contributed by atoms with Crippen LogP contribution in [-0.2, 0) is 22.8 Å². The summed E-state index contributed by atoms with van der Waals surface area (Å²) in [7, 11) is -2.84. The molecule has 1 aliphatic heterocycles. The summed E-state index contributed by atoms with van der Waals surface area (Å²) >= 11 is 0. The van der Waals surface area contributed by atoms with Crippen molar-refractivity contribution in [2.24, 2.45) is 5.73 Å². The molecule has 1 saturated heterocycles. The molecule has 34 heavy (non-hydrogen) atoms. The fraction of sp³-hybridized carbons (Fsp3) is 0.296. The van der Waals surface area contributed by atoms with Crippen LogP contribution in [0.1, 0.15) is 17.5 Å². The van der Waals surface area contributed by atoms with Crippen molar-refractivity contribution in [3.8, 4) is 16.9 Å². The molecule has 2 aromatic heterocycles. The third-order valence-corrected chi connectivity index (χ3v) is 8.22. The number of hydrogen-bond donors (Lipinski definition) is 1. The van der Waals surface area contributed by atoms with E-state index in [1.807, 2.05) is 18.2 Å². The van der Waals surface area contributed by atoms with Crippen molar-refractivity contribution < 1.29 is 8.42 Å². The van der Waals surface area contributed by atoms with Gasteiger partial charge in [-0.05, 0) is 54.8 Å². The molecule has 3 heterocycles. The van der Waals surface area contributed by atoms with Crippen LogP contribution in [0.4, 0.5) is 0 Å². The van der Waals surface area contributed by atoms with Crippen molar-refractivity contribution in [2.45, 2.75) is 19.4 Å². The first-order valence-electron chi connectivity index (χ1n) is 11.8. The molecular weight excluding hydrogens is 444 g/mol. The van der Waals surface area contributed by atoms with Crippen molar-refractivity contribution in [1.29, 1.82) is 0 Å². The van der Waals surface area contributed by atoms with Crippen LogP contribution in [0.2, 0.25) is 0 Å². The smallest absolute Gasteiger partial charge is 0.152 e. The molecule has 7 heteroatoms. The Labute approximate surface area is 201 Å². The zero-order valence-corrected chi connectivity index (χ0v) is 20.0. The highest BCUT2D eigenvalue weighted by Crippen LogP contribution is 2.28. The highest BCUT2D eigenvalue weighted by atomic mass is 32.2. The predicted molar refractivity (Wildman–Crippen MR) is 138 cm³/mol. The molecule has 2 aromatic carbocycles. The Bertz CT molecular complexity index is 1370. The van der Waals surface area contributed by atoms with E-state index in [4.69, 9.17) is 10.7 Å². The van der Waals surface area contributed by atoms with E-state index < -0.39 is 9.84 Å². The third-order valence-electron chi connectivity index (χ3n) is 6.61. The lowest BCUT2D eigenvalue weighted by Gasteiger charge is -2.26. The maximum atomic E-state index is 11.7. The van der Waals surface area contributed by atoms with E-state index in [9.17, 15) is 8.42 Å². The summed E-state index contributed by atoms with van der Waals surface area (Å²) in [6.07, 6.45) is 4.11. The second-order valence-corrected chi connectivity index (χ2v) is 11.2. The Morgan fingerprint density at radius 3 is 2.35 bits per heavy atom.